The van der Waals surface area contributed by atoms with Crippen LogP contribution in [-0.4, -0.2) is 39.1 Å². The Morgan fingerprint density at radius 2 is 1.81 bits per heavy atom. The molecule has 31 heavy (non-hydrogen) atoms. The van der Waals surface area contributed by atoms with Gasteiger partial charge >= 0.3 is 0 Å². The van der Waals surface area contributed by atoms with Gasteiger partial charge in [-0.05, 0) is 56.2 Å². The largest absolute Gasteiger partial charge is 0.466 e. The topological polar surface area (TPSA) is 106 Å². The van der Waals surface area contributed by atoms with Gasteiger partial charge in [0, 0.05) is 31.3 Å². The van der Waals surface area contributed by atoms with Gasteiger partial charge in [-0.2, -0.15) is 0 Å². The van der Waals surface area contributed by atoms with E-state index in [1.165, 1.54) is 4.90 Å². The number of pyridine rings is 1. The van der Waals surface area contributed by atoms with Gasteiger partial charge in [-0.1, -0.05) is 0 Å². The van der Waals surface area contributed by atoms with E-state index in [9.17, 15) is 14.4 Å². The summed E-state index contributed by atoms with van der Waals surface area (Å²) in [5.41, 5.74) is 3.60. The first-order valence-corrected chi connectivity index (χ1v) is 10.0. The second-order valence-electron chi connectivity index (χ2n) is 7.57. The number of aryl methyl sites for hydroxylation is 3. The molecule has 0 spiro atoms. The molecule has 0 bridgehead atoms. The lowest BCUT2D eigenvalue weighted by atomic mass is 10.1. The van der Waals surface area contributed by atoms with Crippen molar-refractivity contribution in [2.75, 3.05) is 16.8 Å². The fourth-order valence-corrected chi connectivity index (χ4v) is 3.72. The van der Waals surface area contributed by atoms with Crippen molar-refractivity contribution in [2.24, 2.45) is 7.05 Å². The molecule has 3 amide bonds. The molecule has 3 heterocycles. The Morgan fingerprint density at radius 1 is 1.13 bits per heavy atom. The second kappa shape index (κ2) is 8.17. The quantitative estimate of drug-likeness (QED) is 0.635. The minimum absolute atomic E-state index is 0.205. The Labute approximate surface area is 179 Å². The highest BCUT2D eigenvalue weighted by molar-refractivity contribution is 6.16. The van der Waals surface area contributed by atoms with Gasteiger partial charge in [0.05, 0.1) is 11.1 Å². The Bertz CT molecular complexity index is 1170. The van der Waals surface area contributed by atoms with Gasteiger partial charge in [-0.3, -0.25) is 19.3 Å². The molecule has 1 aliphatic heterocycles. The first-order chi connectivity index (χ1) is 14.8. The molecule has 9 heteroatoms. The molecule has 0 saturated carbocycles. The number of carbonyl (C=O) groups excluding carboxylic acids is 3. The Hall–Kier alpha value is -3.75. The van der Waals surface area contributed by atoms with Crippen LogP contribution in [0.4, 0.5) is 11.4 Å². The number of anilines is 2. The van der Waals surface area contributed by atoms with E-state index in [1.807, 2.05) is 19.9 Å². The smallest absolute Gasteiger partial charge is 0.262 e. The maximum absolute atomic E-state index is 12.4. The van der Waals surface area contributed by atoms with Crippen molar-refractivity contribution >= 4 is 40.1 Å². The zero-order chi connectivity index (χ0) is 22.1. The maximum atomic E-state index is 12.4. The number of benzene rings is 1. The average Bonchev–Trinajstić information content (AvgIpc) is 3.03. The van der Waals surface area contributed by atoms with E-state index < -0.39 is 0 Å². The molecule has 1 aromatic carbocycles. The monoisotopic (exact) mass is 421 g/mol. The summed E-state index contributed by atoms with van der Waals surface area (Å²) < 4.78 is 7.29. The van der Waals surface area contributed by atoms with Gasteiger partial charge in [0.25, 0.3) is 5.91 Å². The molecule has 0 unspecified atom stereocenters. The second-order valence-corrected chi connectivity index (χ2v) is 7.57. The Morgan fingerprint density at radius 3 is 2.48 bits per heavy atom. The van der Waals surface area contributed by atoms with Crippen LogP contribution in [0.1, 0.15) is 30.5 Å². The SMILES string of the molecule is Cc1cc(C)c2c(OCC(=O)Nc3ccc(N4C(=O)CCCC4=O)cc3)nn(C)c2n1. The summed E-state index contributed by atoms with van der Waals surface area (Å²) in [6.45, 7) is 3.64. The fourth-order valence-electron chi connectivity index (χ4n) is 3.72. The summed E-state index contributed by atoms with van der Waals surface area (Å²) in [5.74, 6) is -0.405. The maximum Gasteiger partial charge on any atom is 0.262 e. The third-order valence-corrected chi connectivity index (χ3v) is 5.12. The van der Waals surface area contributed by atoms with Crippen LogP contribution in [0, 0.1) is 13.8 Å². The van der Waals surface area contributed by atoms with E-state index >= 15 is 0 Å². The highest BCUT2D eigenvalue weighted by Gasteiger charge is 2.27. The number of hydrogen-bond acceptors (Lipinski definition) is 6. The van der Waals surface area contributed by atoms with E-state index in [0.29, 0.717) is 42.2 Å². The number of nitrogens with one attached hydrogen (secondary N) is 1. The number of hydrogen-bond donors (Lipinski definition) is 1. The predicted molar refractivity (Wildman–Crippen MR) is 115 cm³/mol. The van der Waals surface area contributed by atoms with Crippen LogP contribution in [0.3, 0.4) is 0 Å². The molecule has 4 rings (SSSR count). The number of ether oxygens (including phenoxy) is 1. The van der Waals surface area contributed by atoms with Crippen LogP contribution in [0.15, 0.2) is 30.3 Å². The lowest BCUT2D eigenvalue weighted by molar-refractivity contribution is -0.129. The lowest BCUT2D eigenvalue weighted by Crippen LogP contribution is -2.40. The molecule has 1 fully saturated rings. The summed E-state index contributed by atoms with van der Waals surface area (Å²) >= 11 is 0. The van der Waals surface area contributed by atoms with Crippen molar-refractivity contribution in [1.82, 2.24) is 14.8 Å². The molecular weight excluding hydrogens is 398 g/mol. The third kappa shape index (κ3) is 4.11. The van der Waals surface area contributed by atoms with Gasteiger partial charge in [-0.15, -0.1) is 5.10 Å². The van der Waals surface area contributed by atoms with Crippen molar-refractivity contribution in [1.29, 1.82) is 0 Å². The molecule has 0 aliphatic carbocycles. The number of aromatic nitrogens is 3. The number of nitrogens with zero attached hydrogens (tertiary/aromatic N) is 4. The normalized spacial score (nSPS) is 14.2. The summed E-state index contributed by atoms with van der Waals surface area (Å²) in [4.78, 5) is 42.1. The minimum atomic E-state index is -0.352. The predicted octanol–water partition coefficient (Wildman–Crippen LogP) is 2.65. The van der Waals surface area contributed by atoms with Crippen molar-refractivity contribution in [3.63, 3.8) is 0 Å². The van der Waals surface area contributed by atoms with Crippen molar-refractivity contribution in [2.45, 2.75) is 33.1 Å². The Kier molecular flexibility index (Phi) is 5.41. The zero-order valence-corrected chi connectivity index (χ0v) is 17.6. The van der Waals surface area contributed by atoms with Crippen LogP contribution in [0.25, 0.3) is 11.0 Å². The first kappa shape index (κ1) is 20.5. The zero-order valence-electron chi connectivity index (χ0n) is 17.6. The van der Waals surface area contributed by atoms with Gasteiger partial charge in [0.1, 0.15) is 0 Å². The van der Waals surface area contributed by atoms with Crippen LogP contribution < -0.4 is 15.0 Å². The lowest BCUT2D eigenvalue weighted by Gasteiger charge is -2.24. The standard InChI is InChI=1S/C22H23N5O4/c1-13-11-14(2)23-21-20(13)22(25-26(21)3)31-12-17(28)24-15-7-9-16(10-8-15)27-18(29)5-4-6-19(27)30/h7-11H,4-6,12H2,1-3H3,(H,24,28). The van der Waals surface area contributed by atoms with Crippen molar-refractivity contribution < 1.29 is 19.1 Å². The van der Waals surface area contributed by atoms with E-state index in [2.05, 4.69) is 15.4 Å². The van der Waals surface area contributed by atoms with Gasteiger partial charge in [0.15, 0.2) is 12.3 Å². The van der Waals surface area contributed by atoms with Crippen LogP contribution in [0.2, 0.25) is 0 Å². The Balaban J connectivity index is 1.41. The number of fused-ring (bicyclic) bond motifs is 1. The van der Waals surface area contributed by atoms with E-state index in [1.54, 1.807) is 36.0 Å². The summed E-state index contributed by atoms with van der Waals surface area (Å²) in [7, 11) is 1.78. The van der Waals surface area contributed by atoms with Gasteiger partial charge in [0.2, 0.25) is 17.7 Å². The fraction of sp³-hybridized carbons (Fsp3) is 0.318. The molecule has 3 aromatic rings. The minimum Gasteiger partial charge on any atom is -0.466 e. The molecule has 1 saturated heterocycles. The number of piperidine rings is 1. The van der Waals surface area contributed by atoms with E-state index in [4.69, 9.17) is 4.74 Å². The van der Waals surface area contributed by atoms with Gasteiger partial charge < -0.3 is 10.1 Å². The summed E-state index contributed by atoms with van der Waals surface area (Å²) in [6, 6.07) is 8.52. The highest BCUT2D eigenvalue weighted by atomic mass is 16.5. The van der Waals surface area contributed by atoms with Crippen LogP contribution >= 0.6 is 0 Å². The number of carbonyl (C=O) groups is 3. The molecule has 160 valence electrons. The van der Waals surface area contributed by atoms with E-state index in [-0.39, 0.29) is 24.3 Å². The van der Waals surface area contributed by atoms with Crippen molar-refractivity contribution in [3.05, 3.63) is 41.6 Å². The van der Waals surface area contributed by atoms with Crippen molar-refractivity contribution in [3.8, 4) is 5.88 Å². The average molecular weight is 421 g/mol. The summed E-state index contributed by atoms with van der Waals surface area (Å²) in [5, 5.41) is 7.85. The number of imide groups is 1. The van der Waals surface area contributed by atoms with E-state index in [0.717, 1.165) is 16.6 Å². The molecule has 2 aromatic heterocycles. The van der Waals surface area contributed by atoms with Crippen LogP contribution in [0.5, 0.6) is 5.88 Å². The molecule has 1 aliphatic rings. The van der Waals surface area contributed by atoms with Gasteiger partial charge in [-0.25, -0.2) is 9.67 Å². The molecule has 0 atom stereocenters. The molecule has 0 radical (unpaired) electrons. The molecule has 9 nitrogen and oxygen atoms in total. The number of amides is 3. The first-order valence-electron chi connectivity index (χ1n) is 10.0. The summed E-state index contributed by atoms with van der Waals surface area (Å²) in [6.07, 6.45) is 1.31. The molecule has 1 N–H and O–H groups in total. The van der Waals surface area contributed by atoms with Crippen LogP contribution in [-0.2, 0) is 21.4 Å². The third-order valence-electron chi connectivity index (χ3n) is 5.12. The number of rotatable bonds is 5. The highest BCUT2D eigenvalue weighted by Crippen LogP contribution is 2.27. The molecular formula is C22H23N5O4.